The van der Waals surface area contributed by atoms with E-state index in [2.05, 4.69) is 49.3 Å². The molecule has 0 aliphatic carbocycles. The quantitative estimate of drug-likeness (QED) is 0.485. The van der Waals surface area contributed by atoms with Crippen LogP contribution in [0.5, 0.6) is 0 Å². The highest BCUT2D eigenvalue weighted by atomic mass is 32.2. The first-order valence-electron chi connectivity index (χ1n) is 10.8. The summed E-state index contributed by atoms with van der Waals surface area (Å²) in [6.45, 7) is 11.4. The Morgan fingerprint density at radius 1 is 1.03 bits per heavy atom. The van der Waals surface area contributed by atoms with E-state index in [0.29, 0.717) is 12.5 Å². The van der Waals surface area contributed by atoms with Gasteiger partial charge in [0.25, 0.3) is 5.91 Å². The Bertz CT molecular complexity index is 724. The topological polar surface area (TPSA) is 43.9 Å². The van der Waals surface area contributed by atoms with Crippen LogP contribution in [0.25, 0.3) is 0 Å². The number of urea groups is 1. The van der Waals surface area contributed by atoms with Gasteiger partial charge >= 0.3 is 6.03 Å². The zero-order valence-corrected chi connectivity index (χ0v) is 19.3. The molecular weight excluding hydrogens is 382 g/mol. The number of likely N-dealkylation sites (tertiary alicyclic amines) is 1. The fraction of sp³-hybridized carbons (Fsp3) is 0.652. The van der Waals surface area contributed by atoms with E-state index in [1.54, 1.807) is 11.8 Å². The summed E-state index contributed by atoms with van der Waals surface area (Å²) in [5.41, 5.74) is 0.656. The Hall–Kier alpha value is -1.53. The number of nitrogens with zero attached hydrogens (tertiary/aromatic N) is 3. The molecule has 2 heterocycles. The Kier molecular flexibility index (Phi) is 6.94. The molecule has 1 spiro atoms. The molecule has 2 fully saturated rings. The van der Waals surface area contributed by atoms with Gasteiger partial charge in [0.15, 0.2) is 0 Å². The highest BCUT2D eigenvalue weighted by molar-refractivity contribution is 7.98. The summed E-state index contributed by atoms with van der Waals surface area (Å²) >= 11 is 1.75. The molecule has 1 aromatic carbocycles. The number of rotatable bonds is 7. The van der Waals surface area contributed by atoms with Gasteiger partial charge in [-0.15, -0.1) is 11.8 Å². The predicted molar refractivity (Wildman–Crippen MR) is 119 cm³/mol. The molecule has 2 aliphatic heterocycles. The SMILES string of the molecule is CSc1ccc(CN2CCC3(CC2)C(=O)N(C(C)C)C(=O)N3CCC(C)C)cc1. The van der Waals surface area contributed by atoms with Gasteiger partial charge in [-0.25, -0.2) is 4.79 Å². The van der Waals surface area contributed by atoms with Crippen LogP contribution in [0.3, 0.4) is 0 Å². The third-order valence-electron chi connectivity index (χ3n) is 6.27. The Labute approximate surface area is 179 Å². The first-order valence-corrected chi connectivity index (χ1v) is 12.0. The van der Waals surface area contributed by atoms with Crippen LogP contribution < -0.4 is 0 Å². The summed E-state index contributed by atoms with van der Waals surface area (Å²) in [5, 5.41) is 0. The van der Waals surface area contributed by atoms with Crippen molar-refractivity contribution in [2.75, 3.05) is 25.9 Å². The van der Waals surface area contributed by atoms with Crippen LogP contribution in [-0.2, 0) is 11.3 Å². The van der Waals surface area contributed by atoms with E-state index in [9.17, 15) is 9.59 Å². The molecule has 3 amide bonds. The van der Waals surface area contributed by atoms with Crippen molar-refractivity contribution < 1.29 is 9.59 Å². The number of hydrogen-bond donors (Lipinski definition) is 0. The molecule has 6 heteroatoms. The molecule has 0 aromatic heterocycles. The minimum Gasteiger partial charge on any atom is -0.309 e. The van der Waals surface area contributed by atoms with Gasteiger partial charge in [-0.1, -0.05) is 26.0 Å². The number of amides is 3. The molecule has 0 atom stereocenters. The number of hydrogen-bond acceptors (Lipinski definition) is 4. The molecule has 160 valence electrons. The molecule has 0 unspecified atom stereocenters. The Morgan fingerprint density at radius 3 is 2.17 bits per heavy atom. The second kappa shape index (κ2) is 9.09. The summed E-state index contributed by atoms with van der Waals surface area (Å²) in [4.78, 5) is 33.5. The molecule has 0 bridgehead atoms. The molecule has 3 rings (SSSR count). The van der Waals surface area contributed by atoms with Crippen LogP contribution in [0.1, 0.15) is 52.5 Å². The lowest BCUT2D eigenvalue weighted by molar-refractivity contribution is -0.136. The minimum absolute atomic E-state index is 0.0187. The molecule has 0 radical (unpaired) electrons. The molecule has 1 aromatic rings. The zero-order chi connectivity index (χ0) is 21.2. The smallest absolute Gasteiger partial charge is 0.309 e. The van der Waals surface area contributed by atoms with Crippen LogP contribution in [0.4, 0.5) is 4.79 Å². The lowest BCUT2D eigenvalue weighted by Crippen LogP contribution is -2.56. The third-order valence-corrected chi connectivity index (χ3v) is 7.01. The van der Waals surface area contributed by atoms with E-state index in [1.165, 1.54) is 15.4 Å². The van der Waals surface area contributed by atoms with Crippen molar-refractivity contribution in [3.63, 3.8) is 0 Å². The van der Waals surface area contributed by atoms with Crippen molar-refractivity contribution in [3.8, 4) is 0 Å². The second-order valence-electron chi connectivity index (χ2n) is 9.04. The van der Waals surface area contributed by atoms with Crippen molar-refractivity contribution in [2.24, 2.45) is 5.92 Å². The van der Waals surface area contributed by atoms with E-state index < -0.39 is 5.54 Å². The van der Waals surface area contributed by atoms with Crippen LogP contribution >= 0.6 is 11.8 Å². The van der Waals surface area contributed by atoms with Gasteiger partial charge in [0, 0.05) is 37.1 Å². The van der Waals surface area contributed by atoms with Crippen molar-refractivity contribution in [2.45, 2.75) is 70.0 Å². The maximum absolute atomic E-state index is 13.4. The molecule has 2 aliphatic rings. The van der Waals surface area contributed by atoms with E-state index in [1.807, 2.05) is 18.7 Å². The number of thioether (sulfide) groups is 1. The van der Waals surface area contributed by atoms with E-state index in [4.69, 9.17) is 0 Å². The van der Waals surface area contributed by atoms with Gasteiger partial charge in [-0.05, 0) is 63.0 Å². The van der Waals surface area contributed by atoms with E-state index in [-0.39, 0.29) is 18.0 Å². The van der Waals surface area contributed by atoms with Crippen molar-refractivity contribution in [3.05, 3.63) is 29.8 Å². The average Bonchev–Trinajstić information content (AvgIpc) is 2.89. The molecule has 5 nitrogen and oxygen atoms in total. The number of benzene rings is 1. The summed E-state index contributed by atoms with van der Waals surface area (Å²) in [7, 11) is 0. The van der Waals surface area contributed by atoms with Crippen LogP contribution in [0, 0.1) is 5.92 Å². The fourth-order valence-electron chi connectivity index (χ4n) is 4.45. The van der Waals surface area contributed by atoms with Gasteiger partial charge in [-0.2, -0.15) is 0 Å². The summed E-state index contributed by atoms with van der Waals surface area (Å²) in [6.07, 6.45) is 4.46. The molecule has 29 heavy (non-hydrogen) atoms. The molecular formula is C23H35N3O2S. The Balaban J connectivity index is 1.72. The second-order valence-corrected chi connectivity index (χ2v) is 9.92. The standard InChI is InChI=1S/C23H35N3O2S/c1-17(2)10-13-25-22(28)26(18(3)4)21(27)23(25)11-14-24(15-12-23)16-19-6-8-20(29-5)9-7-19/h6-9,17-18H,10-16H2,1-5H3. The van der Waals surface area contributed by atoms with Gasteiger partial charge < -0.3 is 4.90 Å². The zero-order valence-electron chi connectivity index (χ0n) is 18.5. The monoisotopic (exact) mass is 417 g/mol. The largest absolute Gasteiger partial charge is 0.327 e. The third kappa shape index (κ3) is 4.48. The lowest BCUT2D eigenvalue weighted by Gasteiger charge is -2.42. The lowest BCUT2D eigenvalue weighted by atomic mass is 9.85. The van der Waals surface area contributed by atoms with Crippen LogP contribution in [0.15, 0.2) is 29.2 Å². The molecule has 0 N–H and O–H groups in total. The molecule has 2 saturated heterocycles. The summed E-state index contributed by atoms with van der Waals surface area (Å²) in [5.74, 6) is 0.526. The van der Waals surface area contributed by atoms with Gasteiger partial charge in [-0.3, -0.25) is 14.6 Å². The first-order chi connectivity index (χ1) is 13.8. The number of imide groups is 1. The average molecular weight is 418 g/mol. The van der Waals surface area contributed by atoms with E-state index in [0.717, 1.165) is 38.9 Å². The summed E-state index contributed by atoms with van der Waals surface area (Å²) in [6, 6.07) is 8.53. The van der Waals surface area contributed by atoms with Gasteiger partial charge in [0.1, 0.15) is 5.54 Å². The number of piperidine rings is 1. The first kappa shape index (κ1) is 22.2. The van der Waals surface area contributed by atoms with Crippen molar-refractivity contribution >= 4 is 23.7 Å². The maximum Gasteiger partial charge on any atom is 0.327 e. The van der Waals surface area contributed by atoms with Crippen molar-refractivity contribution in [1.29, 1.82) is 0 Å². The highest BCUT2D eigenvalue weighted by Gasteiger charge is 2.58. The Morgan fingerprint density at radius 2 is 1.66 bits per heavy atom. The molecule has 0 saturated carbocycles. The summed E-state index contributed by atoms with van der Waals surface area (Å²) < 4.78 is 0. The van der Waals surface area contributed by atoms with Crippen molar-refractivity contribution in [1.82, 2.24) is 14.7 Å². The maximum atomic E-state index is 13.4. The van der Waals surface area contributed by atoms with Crippen LogP contribution in [-0.4, -0.2) is 64.1 Å². The fourth-order valence-corrected chi connectivity index (χ4v) is 4.85. The predicted octanol–water partition coefficient (Wildman–Crippen LogP) is 4.46. The number of carbonyl (C=O) groups is 2. The van der Waals surface area contributed by atoms with Gasteiger partial charge in [0.05, 0.1) is 0 Å². The van der Waals surface area contributed by atoms with Crippen LogP contribution in [0.2, 0.25) is 0 Å². The minimum atomic E-state index is -0.643. The van der Waals surface area contributed by atoms with E-state index >= 15 is 0 Å². The highest BCUT2D eigenvalue weighted by Crippen LogP contribution is 2.39. The van der Waals surface area contributed by atoms with Gasteiger partial charge in [0.2, 0.25) is 0 Å². The number of carbonyl (C=O) groups excluding carboxylic acids is 2. The normalized spacial score (nSPS) is 20.0.